The van der Waals surface area contributed by atoms with Crippen LogP contribution in [0, 0.1) is 5.82 Å². The number of carbonyl (C=O) groups is 1. The SMILES string of the molecule is NN1CCN(c2ccc(F)cc2)C1=O. The molecule has 5 heteroatoms. The molecular formula is C9H10FN3O. The monoisotopic (exact) mass is 195 g/mol. The lowest BCUT2D eigenvalue weighted by Gasteiger charge is -2.15. The van der Waals surface area contributed by atoms with Gasteiger partial charge in [0.15, 0.2) is 0 Å². The molecule has 0 atom stereocenters. The zero-order chi connectivity index (χ0) is 10.1. The van der Waals surface area contributed by atoms with Crippen LogP contribution in [-0.2, 0) is 0 Å². The Kier molecular flexibility index (Phi) is 2.09. The lowest BCUT2D eigenvalue weighted by Crippen LogP contribution is -2.36. The lowest BCUT2D eigenvalue weighted by molar-refractivity contribution is 0.222. The van der Waals surface area contributed by atoms with Crippen LogP contribution in [0.1, 0.15) is 0 Å². The Morgan fingerprint density at radius 2 is 1.86 bits per heavy atom. The Labute approximate surface area is 80.7 Å². The normalized spacial score (nSPS) is 16.6. The Hall–Kier alpha value is -1.62. The summed E-state index contributed by atoms with van der Waals surface area (Å²) in [5.41, 5.74) is 0.671. The van der Waals surface area contributed by atoms with Crippen LogP contribution in [0.15, 0.2) is 24.3 Å². The average Bonchev–Trinajstić information content (AvgIpc) is 2.50. The fourth-order valence-electron chi connectivity index (χ4n) is 1.41. The van der Waals surface area contributed by atoms with E-state index in [1.165, 1.54) is 17.0 Å². The molecule has 1 aromatic rings. The number of benzene rings is 1. The number of carbonyl (C=O) groups excluding carboxylic acids is 1. The molecule has 2 N–H and O–H groups in total. The molecule has 0 aliphatic carbocycles. The van der Waals surface area contributed by atoms with Crippen molar-refractivity contribution in [2.45, 2.75) is 0 Å². The molecule has 1 aliphatic rings. The van der Waals surface area contributed by atoms with Crippen LogP contribution in [0.25, 0.3) is 0 Å². The lowest BCUT2D eigenvalue weighted by atomic mass is 10.3. The third kappa shape index (κ3) is 1.42. The number of halogens is 1. The molecule has 1 fully saturated rings. The highest BCUT2D eigenvalue weighted by Crippen LogP contribution is 2.18. The van der Waals surface area contributed by atoms with Crippen LogP contribution in [0.2, 0.25) is 0 Å². The standard InChI is InChI=1S/C9H10FN3O/c10-7-1-3-8(4-2-7)12-5-6-13(11)9(12)14/h1-4H,5-6,11H2. The smallest absolute Gasteiger partial charge is 0.291 e. The third-order valence-corrected chi connectivity index (χ3v) is 2.18. The predicted molar refractivity (Wildman–Crippen MR) is 50.0 cm³/mol. The van der Waals surface area contributed by atoms with Crippen molar-refractivity contribution < 1.29 is 9.18 Å². The van der Waals surface area contributed by atoms with Gasteiger partial charge < -0.3 is 0 Å². The summed E-state index contributed by atoms with van der Waals surface area (Å²) in [4.78, 5) is 12.9. The molecule has 0 unspecified atom stereocenters. The third-order valence-electron chi connectivity index (χ3n) is 2.18. The second-order valence-electron chi connectivity index (χ2n) is 3.10. The number of anilines is 1. The van der Waals surface area contributed by atoms with Gasteiger partial charge in [0.1, 0.15) is 5.82 Å². The van der Waals surface area contributed by atoms with Crippen LogP contribution in [0.3, 0.4) is 0 Å². The number of hydrogen-bond acceptors (Lipinski definition) is 2. The zero-order valence-corrected chi connectivity index (χ0v) is 7.48. The minimum Gasteiger partial charge on any atom is -0.291 e. The van der Waals surface area contributed by atoms with Crippen LogP contribution in [-0.4, -0.2) is 24.1 Å². The molecule has 0 radical (unpaired) electrons. The summed E-state index contributed by atoms with van der Waals surface area (Å²) in [5.74, 6) is 5.09. The Morgan fingerprint density at radius 1 is 1.21 bits per heavy atom. The summed E-state index contributed by atoms with van der Waals surface area (Å²) in [6, 6.07) is 5.51. The van der Waals surface area contributed by atoms with Crippen molar-refractivity contribution in [2.24, 2.45) is 5.84 Å². The fraction of sp³-hybridized carbons (Fsp3) is 0.222. The minimum atomic E-state index is -0.315. The number of nitrogens with two attached hydrogens (primary N) is 1. The van der Waals surface area contributed by atoms with Gasteiger partial charge in [0.2, 0.25) is 0 Å². The molecule has 1 heterocycles. The number of hydrazine groups is 1. The molecule has 74 valence electrons. The van der Waals surface area contributed by atoms with Crippen molar-refractivity contribution in [3.05, 3.63) is 30.1 Å². The number of rotatable bonds is 1. The highest BCUT2D eigenvalue weighted by atomic mass is 19.1. The number of hydrogen-bond donors (Lipinski definition) is 1. The molecule has 1 aliphatic heterocycles. The van der Waals surface area contributed by atoms with Gasteiger partial charge >= 0.3 is 6.03 Å². The molecule has 0 spiro atoms. The number of amides is 2. The Bertz CT molecular complexity index is 352. The number of urea groups is 1. The molecule has 0 bridgehead atoms. The van der Waals surface area contributed by atoms with E-state index < -0.39 is 0 Å². The second-order valence-corrected chi connectivity index (χ2v) is 3.10. The predicted octanol–water partition coefficient (Wildman–Crippen LogP) is 0.941. The second kappa shape index (κ2) is 3.26. The van der Waals surface area contributed by atoms with Crippen molar-refractivity contribution in [2.75, 3.05) is 18.0 Å². The Balaban J connectivity index is 2.24. The van der Waals surface area contributed by atoms with Gasteiger partial charge in [-0.05, 0) is 24.3 Å². The van der Waals surface area contributed by atoms with E-state index in [1.807, 2.05) is 0 Å². The molecule has 14 heavy (non-hydrogen) atoms. The van der Waals surface area contributed by atoms with Crippen LogP contribution >= 0.6 is 0 Å². The molecule has 0 saturated carbocycles. The van der Waals surface area contributed by atoms with Gasteiger partial charge in [-0.15, -0.1) is 0 Å². The molecule has 0 aromatic heterocycles. The van der Waals surface area contributed by atoms with Gasteiger partial charge in [-0.3, -0.25) is 9.91 Å². The van der Waals surface area contributed by atoms with E-state index in [9.17, 15) is 9.18 Å². The zero-order valence-electron chi connectivity index (χ0n) is 7.48. The molecule has 1 saturated heterocycles. The van der Waals surface area contributed by atoms with Crippen molar-refractivity contribution >= 4 is 11.7 Å². The molecule has 2 rings (SSSR count). The first kappa shape index (κ1) is 8.96. The van der Waals surface area contributed by atoms with Crippen LogP contribution < -0.4 is 10.7 Å². The quantitative estimate of drug-likeness (QED) is 0.535. The van der Waals surface area contributed by atoms with Gasteiger partial charge in [-0.1, -0.05) is 0 Å². The van der Waals surface area contributed by atoms with Gasteiger partial charge in [-0.2, -0.15) is 0 Å². The molecular weight excluding hydrogens is 185 g/mol. The van der Waals surface area contributed by atoms with E-state index in [1.54, 1.807) is 12.1 Å². The maximum Gasteiger partial charge on any atom is 0.338 e. The van der Waals surface area contributed by atoms with E-state index in [2.05, 4.69) is 0 Å². The summed E-state index contributed by atoms with van der Waals surface area (Å²) in [6.07, 6.45) is 0. The van der Waals surface area contributed by atoms with E-state index in [-0.39, 0.29) is 11.8 Å². The highest BCUT2D eigenvalue weighted by molar-refractivity contribution is 5.93. The van der Waals surface area contributed by atoms with Crippen molar-refractivity contribution in [1.82, 2.24) is 5.01 Å². The topological polar surface area (TPSA) is 49.6 Å². The molecule has 4 nitrogen and oxygen atoms in total. The highest BCUT2D eigenvalue weighted by Gasteiger charge is 2.26. The van der Waals surface area contributed by atoms with Crippen LogP contribution in [0.5, 0.6) is 0 Å². The first-order valence-corrected chi connectivity index (χ1v) is 4.28. The summed E-state index contributed by atoms with van der Waals surface area (Å²) >= 11 is 0. The molecule has 1 aromatic carbocycles. The first-order valence-electron chi connectivity index (χ1n) is 4.28. The minimum absolute atomic E-state index is 0.253. The van der Waals surface area contributed by atoms with E-state index in [0.29, 0.717) is 18.8 Å². The first-order chi connectivity index (χ1) is 6.68. The summed E-state index contributed by atoms with van der Waals surface area (Å²) in [5, 5.41) is 1.14. The summed E-state index contributed by atoms with van der Waals surface area (Å²) < 4.78 is 12.6. The van der Waals surface area contributed by atoms with Crippen molar-refractivity contribution in [3.63, 3.8) is 0 Å². The van der Waals surface area contributed by atoms with Crippen molar-refractivity contribution in [3.8, 4) is 0 Å². The van der Waals surface area contributed by atoms with Crippen LogP contribution in [0.4, 0.5) is 14.9 Å². The van der Waals surface area contributed by atoms with Gasteiger partial charge in [-0.25, -0.2) is 15.0 Å². The summed E-state index contributed by atoms with van der Waals surface area (Å²) in [6.45, 7) is 1.04. The largest absolute Gasteiger partial charge is 0.338 e. The fourth-order valence-corrected chi connectivity index (χ4v) is 1.41. The van der Waals surface area contributed by atoms with Gasteiger partial charge in [0.05, 0.1) is 6.54 Å². The Morgan fingerprint density at radius 3 is 2.36 bits per heavy atom. The maximum absolute atomic E-state index is 12.6. The summed E-state index contributed by atoms with van der Waals surface area (Å²) in [7, 11) is 0. The van der Waals surface area contributed by atoms with E-state index >= 15 is 0 Å². The number of nitrogens with zero attached hydrogens (tertiary/aromatic N) is 2. The van der Waals surface area contributed by atoms with Crippen molar-refractivity contribution in [1.29, 1.82) is 0 Å². The molecule has 2 amide bonds. The van der Waals surface area contributed by atoms with Gasteiger partial charge in [0.25, 0.3) is 0 Å². The average molecular weight is 195 g/mol. The van der Waals surface area contributed by atoms with E-state index in [0.717, 1.165) is 5.01 Å². The maximum atomic E-state index is 12.6. The van der Waals surface area contributed by atoms with E-state index in [4.69, 9.17) is 5.84 Å². The van der Waals surface area contributed by atoms with Gasteiger partial charge in [0, 0.05) is 12.2 Å².